The van der Waals surface area contributed by atoms with E-state index in [0.717, 1.165) is 25.8 Å². The van der Waals surface area contributed by atoms with E-state index >= 15 is 0 Å². The minimum atomic E-state index is 0.442. The largest absolute Gasteiger partial charge is 0.381 e. The molecule has 4 nitrogen and oxygen atoms in total. The van der Waals surface area contributed by atoms with Crippen LogP contribution in [0.1, 0.15) is 25.7 Å². The minimum absolute atomic E-state index is 0.442. The number of likely N-dealkylation sites (tertiary alicyclic amines) is 1. The molecule has 0 aromatic heterocycles. The van der Waals surface area contributed by atoms with E-state index in [1.807, 2.05) is 0 Å². The van der Waals surface area contributed by atoms with E-state index in [2.05, 4.69) is 36.3 Å². The third-order valence-electron chi connectivity index (χ3n) is 4.95. The third kappa shape index (κ3) is 4.15. The topological polar surface area (TPSA) is 27.7 Å². The predicted molar refractivity (Wildman–Crippen MR) is 79.6 cm³/mol. The maximum atomic E-state index is 5.56. The molecule has 2 aliphatic heterocycles. The number of hydrogen-bond donors (Lipinski definition) is 1. The summed E-state index contributed by atoms with van der Waals surface area (Å²) in [4.78, 5) is 5.07. The molecule has 1 N–H and O–H groups in total. The molecule has 2 aliphatic rings. The lowest BCUT2D eigenvalue weighted by Crippen LogP contribution is -2.50. The maximum Gasteiger partial charge on any atom is 0.0472 e. The number of nitrogens with zero attached hydrogens (tertiary/aromatic N) is 2. The summed E-state index contributed by atoms with van der Waals surface area (Å²) in [7, 11) is 6.50. The highest BCUT2D eigenvalue weighted by molar-refractivity contribution is 4.89. The highest BCUT2D eigenvalue weighted by Crippen LogP contribution is 2.32. The van der Waals surface area contributed by atoms with Gasteiger partial charge in [0.2, 0.25) is 0 Å². The van der Waals surface area contributed by atoms with Gasteiger partial charge in [-0.15, -0.1) is 0 Å². The molecule has 112 valence electrons. The number of hydrogen-bond acceptors (Lipinski definition) is 4. The lowest BCUT2D eigenvalue weighted by Gasteiger charge is -2.43. The fraction of sp³-hybridized carbons (Fsp3) is 1.00. The zero-order chi connectivity index (χ0) is 13.7. The fourth-order valence-electron chi connectivity index (χ4n) is 3.64. The summed E-state index contributed by atoms with van der Waals surface area (Å²) in [6, 6.07) is 0.784. The molecule has 0 aromatic carbocycles. The second kappa shape index (κ2) is 7.02. The van der Waals surface area contributed by atoms with E-state index in [9.17, 15) is 0 Å². The van der Waals surface area contributed by atoms with Crippen LogP contribution in [-0.2, 0) is 4.74 Å². The van der Waals surface area contributed by atoms with E-state index in [1.54, 1.807) is 0 Å². The summed E-state index contributed by atoms with van der Waals surface area (Å²) in [5.41, 5.74) is 0.442. The Balaban J connectivity index is 1.85. The minimum Gasteiger partial charge on any atom is -0.381 e. The Bertz CT molecular complexity index is 251. The Labute approximate surface area is 118 Å². The molecule has 0 atom stereocenters. The van der Waals surface area contributed by atoms with Crippen LogP contribution in [0.4, 0.5) is 0 Å². The lowest BCUT2D eigenvalue weighted by atomic mass is 9.79. The molecule has 2 fully saturated rings. The van der Waals surface area contributed by atoms with Crippen molar-refractivity contribution in [1.29, 1.82) is 0 Å². The normalized spacial score (nSPS) is 25.9. The first-order valence-corrected chi connectivity index (χ1v) is 7.76. The SMILES string of the molecule is CNCC1(CN2CCC(N(C)C)CC2)CCOCC1. The standard InChI is InChI=1S/C15H31N3O/c1-16-12-15(6-10-19-11-7-15)13-18-8-4-14(5-9-18)17(2)3/h14,16H,4-13H2,1-3H3. The van der Waals surface area contributed by atoms with E-state index in [1.165, 1.54) is 45.3 Å². The average molecular weight is 269 g/mol. The van der Waals surface area contributed by atoms with Crippen LogP contribution < -0.4 is 5.32 Å². The van der Waals surface area contributed by atoms with Gasteiger partial charge in [0.05, 0.1) is 0 Å². The van der Waals surface area contributed by atoms with Gasteiger partial charge in [0.25, 0.3) is 0 Å². The first-order chi connectivity index (χ1) is 9.15. The van der Waals surface area contributed by atoms with Gasteiger partial charge in [0.15, 0.2) is 0 Å². The highest BCUT2D eigenvalue weighted by atomic mass is 16.5. The molecule has 0 spiro atoms. The highest BCUT2D eigenvalue weighted by Gasteiger charge is 2.35. The molecule has 19 heavy (non-hydrogen) atoms. The Hall–Kier alpha value is -0.160. The van der Waals surface area contributed by atoms with Crippen LogP contribution >= 0.6 is 0 Å². The van der Waals surface area contributed by atoms with Crippen LogP contribution in [0.25, 0.3) is 0 Å². The van der Waals surface area contributed by atoms with Crippen molar-refractivity contribution in [1.82, 2.24) is 15.1 Å². The Morgan fingerprint density at radius 3 is 2.37 bits per heavy atom. The van der Waals surface area contributed by atoms with Crippen LogP contribution in [0.2, 0.25) is 0 Å². The first kappa shape index (κ1) is 15.2. The third-order valence-corrected chi connectivity index (χ3v) is 4.95. The Morgan fingerprint density at radius 2 is 1.84 bits per heavy atom. The molecule has 2 heterocycles. The van der Waals surface area contributed by atoms with Gasteiger partial charge in [0.1, 0.15) is 0 Å². The summed E-state index contributed by atoms with van der Waals surface area (Å²) in [5.74, 6) is 0. The van der Waals surface area contributed by atoms with E-state index in [-0.39, 0.29) is 0 Å². The van der Waals surface area contributed by atoms with Gasteiger partial charge in [0, 0.05) is 32.3 Å². The average Bonchev–Trinajstić information content (AvgIpc) is 2.40. The number of rotatable bonds is 5. The van der Waals surface area contributed by atoms with Crippen molar-refractivity contribution >= 4 is 0 Å². The van der Waals surface area contributed by atoms with Crippen molar-refractivity contribution in [2.75, 3.05) is 60.5 Å². The summed E-state index contributed by atoms with van der Waals surface area (Å²) in [6.45, 7) is 6.78. The van der Waals surface area contributed by atoms with Gasteiger partial charge in [-0.1, -0.05) is 0 Å². The maximum absolute atomic E-state index is 5.56. The van der Waals surface area contributed by atoms with Gasteiger partial charge in [-0.2, -0.15) is 0 Å². The Kier molecular flexibility index (Phi) is 5.63. The molecule has 0 saturated carbocycles. The van der Waals surface area contributed by atoms with E-state index < -0.39 is 0 Å². The van der Waals surface area contributed by atoms with Crippen molar-refractivity contribution in [2.45, 2.75) is 31.7 Å². The molecule has 4 heteroatoms. The zero-order valence-electron chi connectivity index (χ0n) is 13.0. The molecule has 0 amide bonds. The quantitative estimate of drug-likeness (QED) is 0.807. The van der Waals surface area contributed by atoms with Crippen molar-refractivity contribution < 1.29 is 4.74 Å². The van der Waals surface area contributed by atoms with Crippen molar-refractivity contribution in [2.24, 2.45) is 5.41 Å². The summed E-state index contributed by atoms with van der Waals surface area (Å²) < 4.78 is 5.56. The molecular weight excluding hydrogens is 238 g/mol. The van der Waals surface area contributed by atoms with Crippen molar-refractivity contribution in [3.8, 4) is 0 Å². The van der Waals surface area contributed by atoms with Crippen LogP contribution in [0, 0.1) is 5.41 Å². The van der Waals surface area contributed by atoms with Crippen LogP contribution in [0.3, 0.4) is 0 Å². The van der Waals surface area contributed by atoms with Crippen molar-refractivity contribution in [3.05, 3.63) is 0 Å². The van der Waals surface area contributed by atoms with Gasteiger partial charge < -0.3 is 19.9 Å². The molecule has 0 radical (unpaired) electrons. The van der Waals surface area contributed by atoms with E-state index in [4.69, 9.17) is 4.74 Å². The summed E-state index contributed by atoms with van der Waals surface area (Å²) in [6.07, 6.45) is 5.06. The number of piperidine rings is 1. The Morgan fingerprint density at radius 1 is 1.21 bits per heavy atom. The molecule has 0 unspecified atom stereocenters. The monoisotopic (exact) mass is 269 g/mol. The molecule has 0 aromatic rings. The smallest absolute Gasteiger partial charge is 0.0472 e. The molecular formula is C15H31N3O. The fourth-order valence-corrected chi connectivity index (χ4v) is 3.64. The van der Waals surface area contributed by atoms with E-state index in [0.29, 0.717) is 5.41 Å². The lowest BCUT2D eigenvalue weighted by molar-refractivity contribution is -0.00985. The molecule has 0 bridgehead atoms. The second-order valence-corrected chi connectivity index (χ2v) is 6.61. The van der Waals surface area contributed by atoms with Gasteiger partial charge >= 0.3 is 0 Å². The molecule has 2 rings (SSSR count). The van der Waals surface area contributed by atoms with Gasteiger partial charge in [-0.25, -0.2) is 0 Å². The second-order valence-electron chi connectivity index (χ2n) is 6.61. The zero-order valence-corrected chi connectivity index (χ0v) is 13.0. The first-order valence-electron chi connectivity index (χ1n) is 7.76. The van der Waals surface area contributed by atoms with Crippen molar-refractivity contribution in [3.63, 3.8) is 0 Å². The summed E-state index contributed by atoms with van der Waals surface area (Å²) in [5, 5.41) is 3.40. The number of ether oxygens (including phenoxy) is 1. The van der Waals surface area contributed by atoms with Gasteiger partial charge in [-0.05, 0) is 65.3 Å². The predicted octanol–water partition coefficient (Wildman–Crippen LogP) is 1.03. The molecule has 0 aliphatic carbocycles. The van der Waals surface area contributed by atoms with Crippen LogP contribution in [0.5, 0.6) is 0 Å². The summed E-state index contributed by atoms with van der Waals surface area (Å²) >= 11 is 0. The van der Waals surface area contributed by atoms with Crippen LogP contribution in [0.15, 0.2) is 0 Å². The number of nitrogens with one attached hydrogen (secondary N) is 1. The molecule has 2 saturated heterocycles. The van der Waals surface area contributed by atoms with Gasteiger partial charge in [-0.3, -0.25) is 0 Å². The van der Waals surface area contributed by atoms with Crippen LogP contribution in [-0.4, -0.2) is 76.4 Å².